The fraction of sp³-hybridized carbons (Fsp3) is 1.00. The largest absolute Gasteiger partial charge is 0.326 e. The van der Waals surface area contributed by atoms with Crippen LogP contribution in [0.1, 0.15) is 39.5 Å². The van der Waals surface area contributed by atoms with Gasteiger partial charge in [0.15, 0.2) is 0 Å². The summed E-state index contributed by atoms with van der Waals surface area (Å²) in [6.45, 7) is 4.41. The van der Waals surface area contributed by atoms with Crippen LogP contribution in [0.5, 0.6) is 0 Å². The molecule has 1 rings (SSSR count). The Morgan fingerprint density at radius 2 is 1.88 bits per heavy atom. The van der Waals surface area contributed by atoms with Gasteiger partial charge in [0.05, 0.1) is 5.38 Å². The molecule has 2 N–H and O–H groups in total. The van der Waals surface area contributed by atoms with E-state index in [2.05, 4.69) is 26.5 Å². The van der Waals surface area contributed by atoms with Crippen molar-refractivity contribution in [1.29, 1.82) is 0 Å². The number of hydrogen-bond donors (Lipinski definition) is 2. The van der Waals surface area contributed by atoms with Crippen molar-refractivity contribution in [1.82, 2.24) is 0 Å². The predicted molar refractivity (Wildman–Crippen MR) is 76.8 cm³/mol. The molecule has 1 fully saturated rings. The van der Waals surface area contributed by atoms with Gasteiger partial charge in [-0.15, -0.1) is 23.2 Å². The lowest BCUT2D eigenvalue weighted by molar-refractivity contribution is 0.296. The molecule has 0 bridgehead atoms. The van der Waals surface area contributed by atoms with E-state index in [0.29, 0.717) is 11.8 Å². The summed E-state index contributed by atoms with van der Waals surface area (Å²) >= 11 is 16.9. The first-order chi connectivity index (χ1) is 7.41. The van der Waals surface area contributed by atoms with E-state index >= 15 is 0 Å². The fourth-order valence-electron chi connectivity index (χ4n) is 2.41. The summed E-state index contributed by atoms with van der Waals surface area (Å²) in [6.07, 6.45) is 4.08. The van der Waals surface area contributed by atoms with E-state index in [4.69, 9.17) is 28.9 Å². The van der Waals surface area contributed by atoms with Gasteiger partial charge in [-0.2, -0.15) is 12.6 Å². The van der Waals surface area contributed by atoms with Crippen molar-refractivity contribution < 1.29 is 0 Å². The van der Waals surface area contributed by atoms with Crippen molar-refractivity contribution in [3.8, 4) is 0 Å². The molecule has 0 aromatic carbocycles. The van der Waals surface area contributed by atoms with E-state index in [0.717, 1.165) is 25.7 Å². The third kappa shape index (κ3) is 4.29. The van der Waals surface area contributed by atoms with Crippen LogP contribution >= 0.6 is 35.8 Å². The first kappa shape index (κ1) is 14.9. The SMILES string of the molecule is CC(C)CC(S)C(N)C1CCC(Cl)C(Cl)C1. The summed E-state index contributed by atoms with van der Waals surface area (Å²) < 4.78 is 0. The maximum Gasteiger partial charge on any atom is 0.0503 e. The van der Waals surface area contributed by atoms with Crippen LogP contribution in [0.3, 0.4) is 0 Å². The molecule has 5 atom stereocenters. The highest BCUT2D eigenvalue weighted by Gasteiger charge is 2.33. The molecule has 0 amide bonds. The molecule has 1 saturated carbocycles. The van der Waals surface area contributed by atoms with Crippen molar-refractivity contribution in [3.05, 3.63) is 0 Å². The van der Waals surface area contributed by atoms with Gasteiger partial charge in [-0.25, -0.2) is 0 Å². The van der Waals surface area contributed by atoms with Gasteiger partial charge in [-0.1, -0.05) is 13.8 Å². The van der Waals surface area contributed by atoms with Crippen molar-refractivity contribution in [2.45, 2.75) is 61.6 Å². The molecule has 4 heteroatoms. The molecule has 1 nitrogen and oxygen atoms in total. The quantitative estimate of drug-likeness (QED) is 0.598. The number of alkyl halides is 2. The minimum atomic E-state index is 0.0750. The summed E-state index contributed by atoms with van der Waals surface area (Å²) in [5, 5.41) is 0.473. The Balaban J connectivity index is 2.44. The summed E-state index contributed by atoms with van der Waals surface area (Å²) in [4.78, 5) is 0. The Kier molecular flexibility index (Phi) is 6.28. The molecule has 5 unspecified atom stereocenters. The average molecular weight is 284 g/mol. The lowest BCUT2D eigenvalue weighted by atomic mass is 9.81. The van der Waals surface area contributed by atoms with Gasteiger partial charge in [0.2, 0.25) is 0 Å². The van der Waals surface area contributed by atoms with Crippen LogP contribution in [0.25, 0.3) is 0 Å². The summed E-state index contributed by atoms with van der Waals surface area (Å²) in [6, 6.07) is 0.149. The van der Waals surface area contributed by atoms with Crippen molar-refractivity contribution in [2.75, 3.05) is 0 Å². The van der Waals surface area contributed by atoms with Crippen molar-refractivity contribution in [2.24, 2.45) is 17.6 Å². The van der Waals surface area contributed by atoms with E-state index in [1.807, 2.05) is 0 Å². The fourth-order valence-corrected chi connectivity index (χ4v) is 3.66. The van der Waals surface area contributed by atoms with Crippen molar-refractivity contribution >= 4 is 35.8 Å². The van der Waals surface area contributed by atoms with E-state index in [9.17, 15) is 0 Å². The van der Waals surface area contributed by atoms with E-state index < -0.39 is 0 Å². The Morgan fingerprint density at radius 3 is 2.38 bits per heavy atom. The van der Waals surface area contributed by atoms with Gasteiger partial charge in [-0.05, 0) is 37.5 Å². The zero-order valence-corrected chi connectivity index (χ0v) is 12.5. The molecular weight excluding hydrogens is 261 g/mol. The van der Waals surface area contributed by atoms with Crippen LogP contribution in [-0.4, -0.2) is 22.0 Å². The van der Waals surface area contributed by atoms with Crippen LogP contribution in [0, 0.1) is 11.8 Å². The highest BCUT2D eigenvalue weighted by molar-refractivity contribution is 7.81. The van der Waals surface area contributed by atoms with Crippen LogP contribution in [-0.2, 0) is 0 Å². The van der Waals surface area contributed by atoms with E-state index in [1.54, 1.807) is 0 Å². The van der Waals surface area contributed by atoms with Crippen molar-refractivity contribution in [3.63, 3.8) is 0 Å². The van der Waals surface area contributed by atoms with Gasteiger partial charge in [0.25, 0.3) is 0 Å². The summed E-state index contributed by atoms with van der Waals surface area (Å²) in [5.74, 6) is 1.13. The van der Waals surface area contributed by atoms with Gasteiger partial charge in [0.1, 0.15) is 0 Å². The number of thiol groups is 1. The topological polar surface area (TPSA) is 26.0 Å². The number of halogens is 2. The summed E-state index contributed by atoms with van der Waals surface area (Å²) in [5.41, 5.74) is 6.27. The number of rotatable bonds is 4. The minimum Gasteiger partial charge on any atom is -0.326 e. The van der Waals surface area contributed by atoms with Crippen LogP contribution in [0.15, 0.2) is 0 Å². The first-order valence-electron chi connectivity index (χ1n) is 6.13. The highest BCUT2D eigenvalue weighted by atomic mass is 35.5. The zero-order valence-electron chi connectivity index (χ0n) is 10.1. The van der Waals surface area contributed by atoms with Gasteiger partial charge in [-0.3, -0.25) is 0 Å². The summed E-state index contributed by atoms with van der Waals surface area (Å²) in [7, 11) is 0. The molecular formula is C12H23Cl2NS. The second-order valence-corrected chi connectivity index (χ2v) is 7.16. The third-order valence-corrected chi connectivity index (χ3v) is 5.12. The Hall–Kier alpha value is 0.890. The highest BCUT2D eigenvalue weighted by Crippen LogP contribution is 2.35. The zero-order chi connectivity index (χ0) is 12.3. The Morgan fingerprint density at radius 1 is 1.25 bits per heavy atom. The van der Waals surface area contributed by atoms with Crippen LogP contribution in [0.2, 0.25) is 0 Å². The van der Waals surface area contributed by atoms with E-state index in [1.165, 1.54) is 0 Å². The standard InChI is InChI=1S/C12H23Cl2NS/c1-7(2)5-11(16)12(15)8-3-4-9(13)10(14)6-8/h7-12,16H,3-6,15H2,1-2H3. The molecule has 96 valence electrons. The molecule has 0 spiro atoms. The second kappa shape index (κ2) is 6.72. The molecule has 0 heterocycles. The van der Waals surface area contributed by atoms with Crippen LogP contribution < -0.4 is 5.73 Å². The maximum atomic E-state index is 6.27. The molecule has 0 saturated heterocycles. The molecule has 0 aromatic rings. The molecule has 1 aliphatic carbocycles. The predicted octanol–water partition coefficient (Wildman–Crippen LogP) is 3.67. The second-order valence-electron chi connectivity index (χ2n) is 5.38. The number of hydrogen-bond acceptors (Lipinski definition) is 2. The number of nitrogens with two attached hydrogens (primary N) is 1. The lowest BCUT2D eigenvalue weighted by Gasteiger charge is -2.35. The molecule has 0 radical (unpaired) electrons. The van der Waals surface area contributed by atoms with Gasteiger partial charge < -0.3 is 5.73 Å². The maximum absolute atomic E-state index is 6.27. The van der Waals surface area contributed by atoms with E-state index in [-0.39, 0.29) is 22.0 Å². The van der Waals surface area contributed by atoms with Crippen LogP contribution in [0.4, 0.5) is 0 Å². The smallest absolute Gasteiger partial charge is 0.0503 e. The lowest BCUT2D eigenvalue weighted by Crippen LogP contribution is -2.43. The third-order valence-electron chi connectivity index (χ3n) is 3.44. The molecule has 0 aromatic heterocycles. The molecule has 0 aliphatic heterocycles. The molecule has 16 heavy (non-hydrogen) atoms. The Bertz CT molecular complexity index is 213. The average Bonchev–Trinajstić information content (AvgIpc) is 2.20. The Labute approximate surface area is 115 Å². The van der Waals surface area contributed by atoms with Gasteiger partial charge in [0, 0.05) is 16.7 Å². The normalized spacial score (nSPS) is 35.1. The van der Waals surface area contributed by atoms with Gasteiger partial charge >= 0.3 is 0 Å². The minimum absolute atomic E-state index is 0.0750. The molecule has 1 aliphatic rings. The first-order valence-corrected chi connectivity index (χ1v) is 7.52. The monoisotopic (exact) mass is 283 g/mol.